The summed E-state index contributed by atoms with van der Waals surface area (Å²) in [4.78, 5) is 30.9. The quantitative estimate of drug-likeness (QED) is 0.824. The van der Waals surface area contributed by atoms with Crippen molar-refractivity contribution >= 4 is 17.0 Å². The number of amides is 1. The van der Waals surface area contributed by atoms with Crippen LogP contribution in [0.25, 0.3) is 11.1 Å². The normalized spacial score (nSPS) is 15.6. The van der Waals surface area contributed by atoms with E-state index < -0.39 is 0 Å². The molecule has 0 spiro atoms. The topological polar surface area (TPSA) is 81.2 Å². The van der Waals surface area contributed by atoms with Crippen LogP contribution in [0.1, 0.15) is 30.8 Å². The molecule has 1 amide bonds. The van der Waals surface area contributed by atoms with Gasteiger partial charge in [-0.3, -0.25) is 14.2 Å². The summed E-state index contributed by atoms with van der Waals surface area (Å²) in [5, 5.41) is 4.12. The number of hydrogen-bond acceptors (Lipinski definition) is 5. The van der Waals surface area contributed by atoms with Crippen molar-refractivity contribution in [2.45, 2.75) is 39.7 Å². The van der Waals surface area contributed by atoms with Gasteiger partial charge in [0.2, 0.25) is 5.91 Å². The molecule has 0 atom stereocenters. The first kappa shape index (κ1) is 13.8. The van der Waals surface area contributed by atoms with E-state index in [-0.39, 0.29) is 23.7 Å². The van der Waals surface area contributed by atoms with Crippen molar-refractivity contribution in [2.24, 2.45) is 0 Å². The van der Waals surface area contributed by atoms with E-state index in [0.717, 1.165) is 32.4 Å². The Balaban J connectivity index is 1.94. The van der Waals surface area contributed by atoms with E-state index in [1.807, 2.05) is 4.90 Å². The zero-order chi connectivity index (χ0) is 15.0. The molecular formula is C14H18N4O3. The first-order chi connectivity index (χ1) is 10.1. The predicted octanol–water partition coefficient (Wildman–Crippen LogP) is 1.01. The first-order valence-electron chi connectivity index (χ1n) is 7.19. The van der Waals surface area contributed by atoms with Gasteiger partial charge in [0.05, 0.1) is 5.69 Å². The number of rotatable bonds is 2. The summed E-state index contributed by atoms with van der Waals surface area (Å²) in [6.07, 6.45) is 3.22. The Hall–Kier alpha value is -2.18. The molecule has 7 heteroatoms. The zero-order valence-corrected chi connectivity index (χ0v) is 12.3. The first-order valence-corrected chi connectivity index (χ1v) is 7.19. The number of piperidine rings is 1. The van der Waals surface area contributed by atoms with E-state index in [0.29, 0.717) is 16.9 Å². The average Bonchev–Trinajstić information content (AvgIpc) is 2.85. The Bertz CT molecular complexity index is 740. The van der Waals surface area contributed by atoms with Gasteiger partial charge in [-0.1, -0.05) is 5.16 Å². The molecule has 0 aromatic carbocycles. The molecule has 7 nitrogen and oxygen atoms in total. The van der Waals surface area contributed by atoms with Crippen molar-refractivity contribution in [3.63, 3.8) is 0 Å². The number of hydrogen-bond donors (Lipinski definition) is 0. The zero-order valence-electron chi connectivity index (χ0n) is 12.3. The maximum atomic E-state index is 12.5. The van der Waals surface area contributed by atoms with Crippen molar-refractivity contribution in [3.8, 4) is 0 Å². The average molecular weight is 290 g/mol. The highest BCUT2D eigenvalue weighted by molar-refractivity contribution is 5.78. The van der Waals surface area contributed by atoms with E-state index >= 15 is 0 Å². The van der Waals surface area contributed by atoms with Crippen LogP contribution in [0.15, 0.2) is 9.32 Å². The standard InChI is InChI=1S/C14H18N4O3/c1-9-12-13(21-16-9)15-10(2)18(14(12)20)8-11(19)17-6-4-3-5-7-17/h3-8H2,1-2H3. The van der Waals surface area contributed by atoms with Crippen LogP contribution in [0, 0.1) is 13.8 Å². The van der Waals surface area contributed by atoms with Crippen LogP contribution in [0.5, 0.6) is 0 Å². The van der Waals surface area contributed by atoms with Crippen molar-refractivity contribution in [1.29, 1.82) is 0 Å². The Morgan fingerprint density at radius 2 is 1.95 bits per heavy atom. The van der Waals surface area contributed by atoms with Gasteiger partial charge >= 0.3 is 0 Å². The highest BCUT2D eigenvalue weighted by Gasteiger charge is 2.20. The van der Waals surface area contributed by atoms with E-state index in [2.05, 4.69) is 10.1 Å². The summed E-state index contributed by atoms with van der Waals surface area (Å²) in [7, 11) is 0. The van der Waals surface area contributed by atoms with Crippen LogP contribution in [0.2, 0.25) is 0 Å². The molecule has 2 aromatic heterocycles. The molecule has 1 aliphatic rings. The maximum absolute atomic E-state index is 12.5. The third-order valence-corrected chi connectivity index (χ3v) is 3.96. The van der Waals surface area contributed by atoms with Crippen LogP contribution in [-0.2, 0) is 11.3 Å². The lowest BCUT2D eigenvalue weighted by Crippen LogP contribution is -2.40. The van der Waals surface area contributed by atoms with Crippen molar-refractivity contribution in [2.75, 3.05) is 13.1 Å². The summed E-state index contributed by atoms with van der Waals surface area (Å²) in [5.74, 6) is 0.434. The third-order valence-electron chi connectivity index (χ3n) is 3.96. The number of carbonyl (C=O) groups is 1. The largest absolute Gasteiger partial charge is 0.341 e. The van der Waals surface area contributed by atoms with Gasteiger partial charge in [-0.05, 0) is 33.1 Å². The SMILES string of the molecule is Cc1noc2nc(C)n(CC(=O)N3CCCCC3)c(=O)c12. The smallest absolute Gasteiger partial charge is 0.267 e. The van der Waals surface area contributed by atoms with Crippen LogP contribution >= 0.6 is 0 Å². The van der Waals surface area contributed by atoms with Crippen LogP contribution in [0.4, 0.5) is 0 Å². The molecule has 0 aliphatic carbocycles. The van der Waals surface area contributed by atoms with Crippen molar-refractivity contribution in [1.82, 2.24) is 19.6 Å². The monoisotopic (exact) mass is 290 g/mol. The van der Waals surface area contributed by atoms with Crippen LogP contribution in [-0.4, -0.2) is 38.6 Å². The van der Waals surface area contributed by atoms with Crippen molar-refractivity contribution < 1.29 is 9.32 Å². The predicted molar refractivity (Wildman–Crippen MR) is 76.0 cm³/mol. The van der Waals surface area contributed by atoms with Gasteiger partial charge in [0.15, 0.2) is 0 Å². The second kappa shape index (κ2) is 5.31. The Morgan fingerprint density at radius 1 is 1.24 bits per heavy atom. The molecule has 112 valence electrons. The van der Waals surface area contributed by atoms with Gasteiger partial charge in [0, 0.05) is 13.1 Å². The Labute approximate surface area is 121 Å². The fraction of sp³-hybridized carbons (Fsp3) is 0.571. The highest BCUT2D eigenvalue weighted by atomic mass is 16.5. The molecular weight excluding hydrogens is 272 g/mol. The lowest BCUT2D eigenvalue weighted by atomic mass is 10.1. The van der Waals surface area contributed by atoms with E-state index in [1.165, 1.54) is 4.57 Å². The summed E-state index contributed by atoms with van der Waals surface area (Å²) in [6.45, 7) is 4.96. The van der Waals surface area contributed by atoms with Crippen LogP contribution < -0.4 is 5.56 Å². The van der Waals surface area contributed by atoms with Gasteiger partial charge in [0.25, 0.3) is 11.3 Å². The second-order valence-electron chi connectivity index (χ2n) is 5.44. The summed E-state index contributed by atoms with van der Waals surface area (Å²) in [6, 6.07) is 0. The number of aryl methyl sites for hydroxylation is 2. The molecule has 0 unspecified atom stereocenters. The Kier molecular flexibility index (Phi) is 3.48. The fourth-order valence-corrected chi connectivity index (χ4v) is 2.73. The third kappa shape index (κ3) is 2.43. The molecule has 1 aliphatic heterocycles. The number of aromatic nitrogens is 3. The van der Waals surface area contributed by atoms with Crippen LogP contribution in [0.3, 0.4) is 0 Å². The van der Waals surface area contributed by atoms with Crippen molar-refractivity contribution in [3.05, 3.63) is 21.9 Å². The fourth-order valence-electron chi connectivity index (χ4n) is 2.73. The second-order valence-corrected chi connectivity index (χ2v) is 5.44. The van der Waals surface area contributed by atoms with E-state index in [9.17, 15) is 9.59 Å². The molecule has 0 bridgehead atoms. The van der Waals surface area contributed by atoms with E-state index in [1.54, 1.807) is 13.8 Å². The number of fused-ring (bicyclic) bond motifs is 1. The molecule has 3 heterocycles. The van der Waals surface area contributed by atoms with Gasteiger partial charge in [-0.2, -0.15) is 4.98 Å². The van der Waals surface area contributed by atoms with Gasteiger partial charge in [0.1, 0.15) is 17.8 Å². The molecule has 0 N–H and O–H groups in total. The number of carbonyl (C=O) groups excluding carboxylic acids is 1. The molecule has 0 radical (unpaired) electrons. The molecule has 21 heavy (non-hydrogen) atoms. The lowest BCUT2D eigenvalue weighted by Gasteiger charge is -2.27. The summed E-state index contributed by atoms with van der Waals surface area (Å²) in [5.41, 5.74) is 0.472. The minimum Gasteiger partial charge on any atom is -0.341 e. The summed E-state index contributed by atoms with van der Waals surface area (Å²) < 4.78 is 6.42. The van der Waals surface area contributed by atoms with Gasteiger partial charge < -0.3 is 9.42 Å². The maximum Gasteiger partial charge on any atom is 0.267 e. The number of nitrogens with zero attached hydrogens (tertiary/aromatic N) is 4. The molecule has 1 fully saturated rings. The minimum atomic E-state index is -0.262. The molecule has 0 saturated carbocycles. The Morgan fingerprint density at radius 3 is 2.67 bits per heavy atom. The minimum absolute atomic E-state index is 0.0260. The molecule has 1 saturated heterocycles. The molecule has 2 aromatic rings. The van der Waals surface area contributed by atoms with E-state index in [4.69, 9.17) is 4.52 Å². The number of likely N-dealkylation sites (tertiary alicyclic amines) is 1. The summed E-state index contributed by atoms with van der Waals surface area (Å²) >= 11 is 0. The molecule has 3 rings (SSSR count). The van der Waals surface area contributed by atoms with Gasteiger partial charge in [-0.15, -0.1) is 0 Å². The van der Waals surface area contributed by atoms with Gasteiger partial charge in [-0.25, -0.2) is 0 Å². The lowest BCUT2D eigenvalue weighted by molar-refractivity contribution is -0.132. The highest BCUT2D eigenvalue weighted by Crippen LogP contribution is 2.13.